The van der Waals surface area contributed by atoms with Crippen molar-refractivity contribution in [1.82, 2.24) is 0 Å². The zero-order valence-corrected chi connectivity index (χ0v) is 22.0. The van der Waals surface area contributed by atoms with Crippen LogP contribution in [0.3, 0.4) is 0 Å². The van der Waals surface area contributed by atoms with Crippen molar-refractivity contribution in [2.45, 2.75) is 33.1 Å². The van der Waals surface area contributed by atoms with Crippen LogP contribution in [0.4, 0.5) is 5.69 Å². The molecule has 0 bridgehead atoms. The third kappa shape index (κ3) is 3.74. The second kappa shape index (κ2) is 8.23. The fourth-order valence-corrected chi connectivity index (χ4v) is 6.06. The number of nitrogen functional groups attached to an aromatic ring is 1. The maximum atomic E-state index is 6.90. The van der Waals surface area contributed by atoms with Gasteiger partial charge in [-0.25, -0.2) is 0 Å². The first-order valence-electron chi connectivity index (χ1n) is 11.0. The molecule has 0 aliphatic heterocycles. The average Bonchev–Trinajstić information content (AvgIpc) is 3.27. The fourth-order valence-electron chi connectivity index (χ4n) is 4.35. The summed E-state index contributed by atoms with van der Waals surface area (Å²) < 4.78 is 13.1. The first-order valence-corrected chi connectivity index (χ1v) is 12.5. The lowest BCUT2D eigenvalue weighted by Crippen LogP contribution is -2.12. The van der Waals surface area contributed by atoms with Crippen molar-refractivity contribution in [1.29, 1.82) is 0 Å². The van der Waals surface area contributed by atoms with Gasteiger partial charge in [0.2, 0.25) is 5.22 Å². The van der Waals surface area contributed by atoms with E-state index in [-0.39, 0.29) is 5.41 Å². The topological polar surface area (TPSA) is 48.4 Å². The van der Waals surface area contributed by atoms with Crippen molar-refractivity contribution in [2.24, 2.45) is 0 Å². The van der Waals surface area contributed by atoms with E-state index in [0.29, 0.717) is 15.2 Å². The van der Waals surface area contributed by atoms with Gasteiger partial charge >= 0.3 is 0 Å². The molecule has 0 fully saturated rings. The Morgan fingerprint density at radius 2 is 1.59 bits per heavy atom. The number of benzene rings is 3. The molecule has 5 rings (SSSR count). The Morgan fingerprint density at radius 3 is 2.26 bits per heavy atom. The van der Waals surface area contributed by atoms with E-state index in [4.69, 9.17) is 38.1 Å². The van der Waals surface area contributed by atoms with E-state index >= 15 is 0 Å². The van der Waals surface area contributed by atoms with Crippen LogP contribution in [0.25, 0.3) is 43.3 Å². The Kier molecular flexibility index (Phi) is 5.59. The normalized spacial score (nSPS) is 12.1. The van der Waals surface area contributed by atoms with E-state index in [9.17, 15) is 0 Å². The third-order valence-electron chi connectivity index (χ3n) is 6.24. The molecule has 6 heteroatoms. The van der Waals surface area contributed by atoms with Crippen molar-refractivity contribution < 1.29 is 9.15 Å². The molecule has 0 aliphatic rings. The molecule has 0 unspecified atom stereocenters. The number of hydrogen-bond donors (Lipinski definition) is 1. The van der Waals surface area contributed by atoms with Gasteiger partial charge in [-0.1, -0.05) is 44.5 Å². The second-order valence-corrected chi connectivity index (χ2v) is 11.6. The van der Waals surface area contributed by atoms with Crippen LogP contribution in [0, 0.1) is 6.92 Å². The molecule has 2 aromatic heterocycles. The largest absolute Gasteiger partial charge is 0.497 e. The highest BCUT2D eigenvalue weighted by atomic mass is 35.5. The molecule has 5 aromatic rings. The van der Waals surface area contributed by atoms with E-state index in [1.807, 2.05) is 37.3 Å². The van der Waals surface area contributed by atoms with E-state index in [0.717, 1.165) is 60.2 Å². The van der Waals surface area contributed by atoms with Gasteiger partial charge in [-0.15, -0.1) is 11.3 Å². The van der Waals surface area contributed by atoms with E-state index < -0.39 is 0 Å². The Morgan fingerprint density at radius 1 is 0.912 bits per heavy atom. The van der Waals surface area contributed by atoms with Crippen LogP contribution in [0.15, 0.2) is 52.9 Å². The predicted octanol–water partition coefficient (Wildman–Crippen LogP) is 9.49. The molecule has 0 spiro atoms. The van der Waals surface area contributed by atoms with Crippen molar-refractivity contribution in [2.75, 3.05) is 12.8 Å². The van der Waals surface area contributed by atoms with Crippen LogP contribution in [0.5, 0.6) is 5.75 Å². The number of furan rings is 1. The average molecular weight is 510 g/mol. The minimum atomic E-state index is -0.124. The van der Waals surface area contributed by atoms with Gasteiger partial charge in [-0.3, -0.25) is 0 Å². The van der Waals surface area contributed by atoms with Crippen molar-refractivity contribution in [3.05, 3.63) is 69.2 Å². The second-order valence-electron chi connectivity index (χ2n) is 9.60. The summed E-state index contributed by atoms with van der Waals surface area (Å²) in [6, 6.07) is 16.3. The third-order valence-corrected chi connectivity index (χ3v) is 7.87. The van der Waals surface area contributed by atoms with Gasteiger partial charge in [0.15, 0.2) is 0 Å². The van der Waals surface area contributed by atoms with E-state index in [1.54, 1.807) is 7.11 Å². The number of ether oxygens (including phenoxy) is 1. The number of thiophene rings is 1. The maximum Gasteiger partial charge on any atom is 0.202 e. The summed E-state index contributed by atoms with van der Waals surface area (Å²) in [6.07, 6.45) is 0. The highest BCUT2D eigenvalue weighted by Gasteiger charge is 2.25. The molecule has 2 heterocycles. The Bertz CT molecular complexity index is 1570. The number of rotatable bonds is 3. The summed E-state index contributed by atoms with van der Waals surface area (Å²) in [5.41, 5.74) is 13.8. The Hall–Kier alpha value is -2.66. The maximum absolute atomic E-state index is 6.90. The number of fused-ring (bicyclic) bond motifs is 2. The van der Waals surface area contributed by atoms with Crippen LogP contribution in [-0.4, -0.2) is 7.11 Å². The predicted molar refractivity (Wildman–Crippen MR) is 147 cm³/mol. The summed E-state index contributed by atoms with van der Waals surface area (Å²) in [6.45, 7) is 8.58. The summed E-state index contributed by atoms with van der Waals surface area (Å²) >= 11 is 15.0. The minimum absolute atomic E-state index is 0.124. The molecule has 3 nitrogen and oxygen atoms in total. The van der Waals surface area contributed by atoms with Gasteiger partial charge in [0, 0.05) is 43.4 Å². The summed E-state index contributed by atoms with van der Waals surface area (Å²) in [4.78, 5) is 0. The highest BCUT2D eigenvalue weighted by Crippen LogP contribution is 2.50. The summed E-state index contributed by atoms with van der Waals surface area (Å²) in [5, 5.41) is 2.30. The molecule has 0 aliphatic carbocycles. The number of nitrogens with two attached hydrogens (primary N) is 1. The first-order chi connectivity index (χ1) is 16.1. The van der Waals surface area contributed by atoms with Crippen LogP contribution in [0.1, 0.15) is 31.9 Å². The number of methoxy groups -OCH3 is 1. The van der Waals surface area contributed by atoms with Gasteiger partial charge in [-0.2, -0.15) is 0 Å². The minimum Gasteiger partial charge on any atom is -0.497 e. The van der Waals surface area contributed by atoms with Gasteiger partial charge in [0.25, 0.3) is 0 Å². The van der Waals surface area contributed by atoms with E-state index in [1.165, 1.54) is 11.3 Å². The van der Waals surface area contributed by atoms with Crippen LogP contribution in [0.2, 0.25) is 9.56 Å². The number of hydrogen-bond acceptors (Lipinski definition) is 4. The fraction of sp³-hybridized carbons (Fsp3) is 0.214. The zero-order valence-electron chi connectivity index (χ0n) is 19.7. The molecular formula is C28H25Cl2NO2S. The van der Waals surface area contributed by atoms with E-state index in [2.05, 4.69) is 39.0 Å². The van der Waals surface area contributed by atoms with Gasteiger partial charge < -0.3 is 14.9 Å². The van der Waals surface area contributed by atoms with Crippen LogP contribution in [-0.2, 0) is 5.41 Å². The number of aryl methyl sites for hydroxylation is 1. The molecule has 2 N–H and O–H groups in total. The zero-order chi connectivity index (χ0) is 24.4. The number of halogens is 2. The Balaban J connectivity index is 1.85. The van der Waals surface area contributed by atoms with Crippen LogP contribution < -0.4 is 10.5 Å². The molecule has 0 atom stereocenters. The molecule has 0 saturated heterocycles. The van der Waals surface area contributed by atoms with Crippen molar-refractivity contribution in [3.63, 3.8) is 0 Å². The van der Waals surface area contributed by atoms with Crippen LogP contribution >= 0.6 is 34.5 Å². The standard InChI is InChI=1S/C28H25Cl2NO2S/c1-14-6-8-17-21(10-14)33-26(29)23(17)19-11-15(28(2,3)4)12-20(25(19)31)24-18-9-7-16(32-5)13-22(18)34-27(24)30/h6-13H,31H2,1-5H3. The number of anilines is 1. The molecule has 174 valence electrons. The van der Waals surface area contributed by atoms with Gasteiger partial charge in [-0.05, 0) is 71.5 Å². The smallest absolute Gasteiger partial charge is 0.202 e. The quantitative estimate of drug-likeness (QED) is 0.246. The molecule has 34 heavy (non-hydrogen) atoms. The molecule has 0 radical (unpaired) electrons. The summed E-state index contributed by atoms with van der Waals surface area (Å²) in [5.74, 6) is 0.793. The highest BCUT2D eigenvalue weighted by molar-refractivity contribution is 7.23. The monoisotopic (exact) mass is 509 g/mol. The Labute approximate surface area is 213 Å². The van der Waals surface area contributed by atoms with Crippen molar-refractivity contribution in [3.8, 4) is 28.0 Å². The van der Waals surface area contributed by atoms with Gasteiger partial charge in [0.05, 0.1) is 7.11 Å². The lowest BCUT2D eigenvalue weighted by Gasteiger charge is -2.23. The molecule has 3 aromatic carbocycles. The lowest BCUT2D eigenvalue weighted by atomic mass is 9.82. The molecule has 0 saturated carbocycles. The van der Waals surface area contributed by atoms with Crippen molar-refractivity contribution >= 4 is 61.3 Å². The molecular weight excluding hydrogens is 485 g/mol. The first kappa shape index (κ1) is 23.1. The lowest BCUT2D eigenvalue weighted by molar-refractivity contribution is 0.415. The molecule has 0 amide bonds. The SMILES string of the molecule is COc1ccc2c(-c3cc(C(C)(C)C)cc(-c4c(Cl)oc5cc(C)ccc45)c3N)c(Cl)sc2c1. The van der Waals surface area contributed by atoms with Gasteiger partial charge in [0.1, 0.15) is 15.7 Å². The summed E-state index contributed by atoms with van der Waals surface area (Å²) in [7, 11) is 1.66.